The molecule has 2 N–H and O–H groups in total. The summed E-state index contributed by atoms with van der Waals surface area (Å²) < 4.78 is 0. The van der Waals surface area contributed by atoms with Crippen molar-refractivity contribution in [1.29, 1.82) is 0 Å². The van der Waals surface area contributed by atoms with E-state index in [1.807, 2.05) is 115 Å². The summed E-state index contributed by atoms with van der Waals surface area (Å²) in [7, 11) is 0. The first-order chi connectivity index (χ1) is 18.7. The number of nitrogens with zero attached hydrogens (tertiary/aromatic N) is 2. The molecule has 0 aromatic heterocycles. The summed E-state index contributed by atoms with van der Waals surface area (Å²) in [6.45, 7) is 0. The maximum atomic E-state index is 10.8. The Morgan fingerprint density at radius 1 is 0.526 bits per heavy atom. The minimum atomic E-state index is -0.421. The molecule has 2 atom stereocenters. The molecule has 0 fully saturated rings. The lowest BCUT2D eigenvalue weighted by atomic mass is 9.92. The van der Waals surface area contributed by atoms with Crippen molar-refractivity contribution in [2.45, 2.75) is 12.1 Å². The van der Waals surface area contributed by atoms with Gasteiger partial charge in [-0.2, -0.15) is 0 Å². The molecule has 0 heterocycles. The van der Waals surface area contributed by atoms with Crippen molar-refractivity contribution in [3.63, 3.8) is 0 Å². The maximum Gasteiger partial charge on any atom is 0.124 e. The zero-order chi connectivity index (χ0) is 26.2. The van der Waals surface area contributed by atoms with E-state index in [4.69, 9.17) is 9.98 Å². The summed E-state index contributed by atoms with van der Waals surface area (Å²) in [5.41, 5.74) is 4.83. The standard InChI is InChI=1S/C34H28N2O2/c37-30-22-12-10-20-28(30)24-35-33(26-16-6-2-7-17-26)34(27-18-8-3-9-19-27)36-32(25-14-4-1-5-15-25)29-21-11-13-23-31(29)38/h1-24,33-34,37-38H/t33-,34-/m0/s1. The van der Waals surface area contributed by atoms with Crippen LogP contribution >= 0.6 is 0 Å². The van der Waals surface area contributed by atoms with Crippen LogP contribution in [0.5, 0.6) is 11.5 Å². The van der Waals surface area contributed by atoms with Crippen LogP contribution in [0, 0.1) is 0 Å². The molecule has 0 unspecified atom stereocenters. The fourth-order valence-electron chi connectivity index (χ4n) is 4.44. The summed E-state index contributed by atoms with van der Waals surface area (Å²) in [6, 6.07) is 43.6. The van der Waals surface area contributed by atoms with Crippen LogP contribution in [-0.4, -0.2) is 22.1 Å². The predicted molar refractivity (Wildman–Crippen MR) is 154 cm³/mol. The van der Waals surface area contributed by atoms with Gasteiger partial charge in [-0.25, -0.2) is 0 Å². The Kier molecular flexibility index (Phi) is 7.71. The molecule has 0 aliphatic heterocycles. The second kappa shape index (κ2) is 11.8. The Hall–Kier alpha value is -4.96. The second-order valence-corrected chi connectivity index (χ2v) is 8.91. The molecule has 0 radical (unpaired) electrons. The summed E-state index contributed by atoms with van der Waals surface area (Å²) in [5, 5.41) is 21.2. The Morgan fingerprint density at radius 3 is 1.63 bits per heavy atom. The molecule has 186 valence electrons. The molecule has 38 heavy (non-hydrogen) atoms. The molecule has 0 saturated carbocycles. The number of benzene rings is 5. The van der Waals surface area contributed by atoms with Crippen LogP contribution in [0.4, 0.5) is 0 Å². The maximum absolute atomic E-state index is 10.8. The first kappa shape index (κ1) is 24.7. The molecule has 0 spiro atoms. The number of para-hydroxylation sites is 2. The van der Waals surface area contributed by atoms with Crippen molar-refractivity contribution in [3.05, 3.63) is 167 Å². The van der Waals surface area contributed by atoms with Gasteiger partial charge >= 0.3 is 0 Å². The molecule has 4 heteroatoms. The number of aromatic hydroxyl groups is 2. The van der Waals surface area contributed by atoms with Gasteiger partial charge in [-0.15, -0.1) is 0 Å². The van der Waals surface area contributed by atoms with E-state index in [9.17, 15) is 10.2 Å². The molecule has 5 rings (SSSR count). The quantitative estimate of drug-likeness (QED) is 0.218. The highest BCUT2D eigenvalue weighted by Crippen LogP contribution is 2.37. The van der Waals surface area contributed by atoms with Crippen LogP contribution in [0.25, 0.3) is 0 Å². The molecule has 4 nitrogen and oxygen atoms in total. The van der Waals surface area contributed by atoms with E-state index in [0.717, 1.165) is 16.7 Å². The molecule has 5 aromatic rings. The van der Waals surface area contributed by atoms with Gasteiger partial charge in [0.1, 0.15) is 23.6 Å². The zero-order valence-electron chi connectivity index (χ0n) is 20.8. The van der Waals surface area contributed by atoms with Gasteiger partial charge in [0.25, 0.3) is 0 Å². The van der Waals surface area contributed by atoms with Gasteiger partial charge in [-0.1, -0.05) is 115 Å². The summed E-state index contributed by atoms with van der Waals surface area (Å²) in [5.74, 6) is 0.331. The van der Waals surface area contributed by atoms with Crippen molar-refractivity contribution in [1.82, 2.24) is 0 Å². The van der Waals surface area contributed by atoms with Crippen molar-refractivity contribution in [2.75, 3.05) is 0 Å². The Bertz CT molecular complexity index is 1530. The number of phenolic OH excluding ortho intramolecular Hbond substituents is 2. The zero-order valence-corrected chi connectivity index (χ0v) is 20.8. The highest BCUT2D eigenvalue weighted by molar-refractivity contribution is 6.14. The van der Waals surface area contributed by atoms with Crippen molar-refractivity contribution in [2.24, 2.45) is 9.98 Å². The van der Waals surface area contributed by atoms with Crippen LogP contribution in [-0.2, 0) is 0 Å². The van der Waals surface area contributed by atoms with E-state index in [2.05, 4.69) is 0 Å². The van der Waals surface area contributed by atoms with E-state index in [-0.39, 0.29) is 11.5 Å². The largest absolute Gasteiger partial charge is 0.507 e. The van der Waals surface area contributed by atoms with Crippen LogP contribution in [0.15, 0.2) is 150 Å². The van der Waals surface area contributed by atoms with Gasteiger partial charge in [0.15, 0.2) is 0 Å². The Morgan fingerprint density at radius 2 is 1.03 bits per heavy atom. The van der Waals surface area contributed by atoms with E-state index in [0.29, 0.717) is 16.8 Å². The first-order valence-electron chi connectivity index (χ1n) is 12.5. The summed E-state index contributed by atoms with van der Waals surface area (Å²) >= 11 is 0. The molecule has 0 bridgehead atoms. The third kappa shape index (κ3) is 5.71. The second-order valence-electron chi connectivity index (χ2n) is 8.91. The first-order valence-corrected chi connectivity index (χ1v) is 12.5. The normalized spacial score (nSPS) is 13.3. The monoisotopic (exact) mass is 496 g/mol. The van der Waals surface area contributed by atoms with Gasteiger partial charge < -0.3 is 10.2 Å². The van der Waals surface area contributed by atoms with Crippen molar-refractivity contribution in [3.8, 4) is 11.5 Å². The average Bonchev–Trinajstić information content (AvgIpc) is 2.97. The Balaban J connectivity index is 1.73. The molecule has 0 amide bonds. The number of aliphatic imine (C=N–C) groups is 2. The lowest BCUT2D eigenvalue weighted by Crippen LogP contribution is -2.13. The fourth-order valence-corrected chi connectivity index (χ4v) is 4.44. The van der Waals surface area contributed by atoms with Gasteiger partial charge in [0, 0.05) is 22.9 Å². The van der Waals surface area contributed by atoms with Crippen LogP contribution in [0.2, 0.25) is 0 Å². The molecule has 0 aliphatic rings. The van der Waals surface area contributed by atoms with E-state index in [1.165, 1.54) is 0 Å². The van der Waals surface area contributed by atoms with Crippen LogP contribution in [0.1, 0.15) is 39.9 Å². The third-order valence-electron chi connectivity index (χ3n) is 6.37. The SMILES string of the molecule is Oc1ccccc1C=N[C@@H](c1ccccc1)[C@@H](N=C(c1ccccc1)c1ccccc1O)c1ccccc1. The number of hydrogen-bond donors (Lipinski definition) is 2. The third-order valence-corrected chi connectivity index (χ3v) is 6.37. The van der Waals surface area contributed by atoms with Gasteiger partial charge in [0.05, 0.1) is 5.71 Å². The molecular formula is C34H28N2O2. The lowest BCUT2D eigenvalue weighted by molar-refractivity contribution is 0.473. The van der Waals surface area contributed by atoms with Gasteiger partial charge in [-0.3, -0.25) is 9.98 Å². The minimum Gasteiger partial charge on any atom is -0.507 e. The lowest BCUT2D eigenvalue weighted by Gasteiger charge is -2.24. The predicted octanol–water partition coefficient (Wildman–Crippen LogP) is 7.54. The van der Waals surface area contributed by atoms with Crippen molar-refractivity contribution < 1.29 is 10.2 Å². The molecule has 0 saturated heterocycles. The minimum absolute atomic E-state index is 0.163. The topological polar surface area (TPSA) is 65.2 Å². The highest BCUT2D eigenvalue weighted by atomic mass is 16.3. The highest BCUT2D eigenvalue weighted by Gasteiger charge is 2.26. The van der Waals surface area contributed by atoms with E-state index < -0.39 is 12.1 Å². The number of rotatable bonds is 8. The summed E-state index contributed by atoms with van der Waals surface area (Å²) in [6.07, 6.45) is 1.71. The number of phenols is 2. The van der Waals surface area contributed by atoms with Crippen molar-refractivity contribution >= 4 is 11.9 Å². The average molecular weight is 497 g/mol. The van der Waals surface area contributed by atoms with Gasteiger partial charge in [0.2, 0.25) is 0 Å². The van der Waals surface area contributed by atoms with Gasteiger partial charge in [-0.05, 0) is 35.4 Å². The smallest absolute Gasteiger partial charge is 0.124 e. The summed E-state index contributed by atoms with van der Waals surface area (Å²) in [4.78, 5) is 10.3. The Labute approximate surface area is 222 Å². The van der Waals surface area contributed by atoms with E-state index >= 15 is 0 Å². The fraction of sp³-hybridized carbons (Fsp3) is 0.0588. The molecule has 0 aliphatic carbocycles. The molecule has 5 aromatic carbocycles. The number of hydrogen-bond acceptors (Lipinski definition) is 4. The van der Waals surface area contributed by atoms with E-state index in [1.54, 1.807) is 30.5 Å². The van der Waals surface area contributed by atoms with Crippen LogP contribution < -0.4 is 0 Å². The molecular weight excluding hydrogens is 468 g/mol. The van der Waals surface area contributed by atoms with Crippen LogP contribution in [0.3, 0.4) is 0 Å².